The molecule has 1 aromatic rings. The van der Waals surface area contributed by atoms with Crippen molar-refractivity contribution in [3.63, 3.8) is 0 Å². The number of carbonyl (C=O) groups is 2. The maximum atomic E-state index is 11.7. The van der Waals surface area contributed by atoms with Gasteiger partial charge in [-0.15, -0.1) is 0 Å². The van der Waals surface area contributed by atoms with Crippen molar-refractivity contribution in [2.45, 2.75) is 33.4 Å². The van der Waals surface area contributed by atoms with Crippen LogP contribution in [0.2, 0.25) is 0 Å². The third kappa shape index (κ3) is 4.91. The van der Waals surface area contributed by atoms with E-state index in [4.69, 9.17) is 0 Å². The van der Waals surface area contributed by atoms with Crippen molar-refractivity contribution in [2.24, 2.45) is 5.92 Å². The van der Waals surface area contributed by atoms with Crippen LogP contribution in [0.5, 0.6) is 0 Å². The SMILES string of the molecule is CNC(=O)c1ccc(CNC(=O)NC(C)C(C)C)cc1. The number of benzene rings is 1. The second-order valence-electron chi connectivity index (χ2n) is 5.14. The average molecular weight is 277 g/mol. The van der Waals surface area contributed by atoms with E-state index in [-0.39, 0.29) is 18.0 Å². The molecule has 0 saturated heterocycles. The lowest BCUT2D eigenvalue weighted by molar-refractivity contribution is 0.0963. The van der Waals surface area contributed by atoms with Crippen LogP contribution in [0.25, 0.3) is 0 Å². The van der Waals surface area contributed by atoms with Gasteiger partial charge in [-0.1, -0.05) is 26.0 Å². The summed E-state index contributed by atoms with van der Waals surface area (Å²) < 4.78 is 0. The molecule has 1 atom stereocenters. The summed E-state index contributed by atoms with van der Waals surface area (Å²) in [4.78, 5) is 23.1. The molecular formula is C15H23N3O2. The summed E-state index contributed by atoms with van der Waals surface area (Å²) in [7, 11) is 1.60. The Hall–Kier alpha value is -2.04. The molecule has 0 fully saturated rings. The highest BCUT2D eigenvalue weighted by Gasteiger charge is 2.10. The first-order valence-corrected chi connectivity index (χ1v) is 6.79. The van der Waals surface area contributed by atoms with Gasteiger partial charge >= 0.3 is 6.03 Å². The Bertz CT molecular complexity index is 455. The zero-order chi connectivity index (χ0) is 15.1. The smallest absolute Gasteiger partial charge is 0.315 e. The van der Waals surface area contributed by atoms with Crippen LogP contribution in [0.3, 0.4) is 0 Å². The molecule has 0 heterocycles. The molecule has 1 unspecified atom stereocenters. The molecule has 0 aromatic heterocycles. The lowest BCUT2D eigenvalue weighted by Crippen LogP contribution is -2.42. The van der Waals surface area contributed by atoms with Crippen LogP contribution >= 0.6 is 0 Å². The molecule has 110 valence electrons. The highest BCUT2D eigenvalue weighted by molar-refractivity contribution is 5.93. The molecular weight excluding hydrogens is 254 g/mol. The average Bonchev–Trinajstić information content (AvgIpc) is 2.44. The van der Waals surface area contributed by atoms with E-state index in [1.807, 2.05) is 19.1 Å². The summed E-state index contributed by atoms with van der Waals surface area (Å²) in [5.74, 6) is 0.278. The summed E-state index contributed by atoms with van der Waals surface area (Å²) in [6, 6.07) is 7.09. The molecule has 0 saturated carbocycles. The highest BCUT2D eigenvalue weighted by atomic mass is 16.2. The lowest BCUT2D eigenvalue weighted by atomic mass is 10.1. The summed E-state index contributed by atoms with van der Waals surface area (Å²) in [6.45, 7) is 6.53. The third-order valence-electron chi connectivity index (χ3n) is 3.26. The van der Waals surface area contributed by atoms with Gasteiger partial charge in [0.1, 0.15) is 0 Å². The second kappa shape index (κ2) is 7.53. The van der Waals surface area contributed by atoms with Gasteiger partial charge in [-0.05, 0) is 30.5 Å². The molecule has 0 spiro atoms. The molecule has 0 bridgehead atoms. The van der Waals surface area contributed by atoms with E-state index < -0.39 is 0 Å². The van der Waals surface area contributed by atoms with Gasteiger partial charge in [0, 0.05) is 25.2 Å². The number of nitrogens with one attached hydrogen (secondary N) is 3. The van der Waals surface area contributed by atoms with E-state index in [0.29, 0.717) is 18.0 Å². The Morgan fingerprint density at radius 1 is 1.10 bits per heavy atom. The molecule has 0 aliphatic carbocycles. The van der Waals surface area contributed by atoms with Crippen LogP contribution < -0.4 is 16.0 Å². The quantitative estimate of drug-likeness (QED) is 0.769. The van der Waals surface area contributed by atoms with Crippen LogP contribution in [-0.4, -0.2) is 25.0 Å². The predicted molar refractivity (Wildman–Crippen MR) is 79.5 cm³/mol. The third-order valence-corrected chi connectivity index (χ3v) is 3.26. The Morgan fingerprint density at radius 3 is 2.20 bits per heavy atom. The summed E-state index contributed by atoms with van der Waals surface area (Å²) in [5.41, 5.74) is 1.55. The minimum atomic E-state index is -0.179. The largest absolute Gasteiger partial charge is 0.355 e. The van der Waals surface area contributed by atoms with Gasteiger partial charge in [-0.2, -0.15) is 0 Å². The summed E-state index contributed by atoms with van der Waals surface area (Å²) in [5, 5.41) is 8.24. The van der Waals surface area contributed by atoms with E-state index in [1.165, 1.54) is 0 Å². The number of rotatable bonds is 5. The number of amides is 3. The van der Waals surface area contributed by atoms with E-state index >= 15 is 0 Å². The number of carbonyl (C=O) groups excluding carboxylic acids is 2. The summed E-state index contributed by atoms with van der Waals surface area (Å²) >= 11 is 0. The van der Waals surface area contributed by atoms with Crippen molar-refractivity contribution < 1.29 is 9.59 Å². The number of hydrogen-bond donors (Lipinski definition) is 3. The second-order valence-corrected chi connectivity index (χ2v) is 5.14. The van der Waals surface area contributed by atoms with Crippen molar-refractivity contribution in [1.29, 1.82) is 0 Å². The molecule has 5 nitrogen and oxygen atoms in total. The molecule has 0 aliphatic rings. The van der Waals surface area contributed by atoms with Crippen LogP contribution in [0, 0.1) is 5.92 Å². The Balaban J connectivity index is 2.46. The Labute approximate surface area is 120 Å². The topological polar surface area (TPSA) is 70.2 Å². The van der Waals surface area contributed by atoms with Crippen molar-refractivity contribution in [3.8, 4) is 0 Å². The molecule has 5 heteroatoms. The highest BCUT2D eigenvalue weighted by Crippen LogP contribution is 2.04. The van der Waals surface area contributed by atoms with Crippen molar-refractivity contribution in [2.75, 3.05) is 7.05 Å². The van der Waals surface area contributed by atoms with Crippen LogP contribution in [0.1, 0.15) is 36.7 Å². The van der Waals surface area contributed by atoms with Gasteiger partial charge < -0.3 is 16.0 Å². The molecule has 1 aromatic carbocycles. The standard InChI is InChI=1S/C15H23N3O2/c1-10(2)11(3)18-15(20)17-9-12-5-7-13(8-6-12)14(19)16-4/h5-8,10-11H,9H2,1-4H3,(H,16,19)(H2,17,18,20). The normalized spacial score (nSPS) is 11.8. The first-order chi connectivity index (χ1) is 9.43. The summed E-state index contributed by atoms with van der Waals surface area (Å²) in [6.07, 6.45) is 0. The number of hydrogen-bond acceptors (Lipinski definition) is 2. The number of urea groups is 1. The maximum Gasteiger partial charge on any atom is 0.315 e. The molecule has 3 amide bonds. The van der Waals surface area contributed by atoms with E-state index in [0.717, 1.165) is 5.56 Å². The molecule has 0 radical (unpaired) electrons. The van der Waals surface area contributed by atoms with E-state index in [9.17, 15) is 9.59 Å². The molecule has 0 aliphatic heterocycles. The molecule has 1 rings (SSSR count). The van der Waals surface area contributed by atoms with Gasteiger partial charge in [0.05, 0.1) is 0 Å². The fourth-order valence-corrected chi connectivity index (χ4v) is 1.53. The monoisotopic (exact) mass is 277 g/mol. The minimum absolute atomic E-state index is 0.118. The van der Waals surface area contributed by atoms with Crippen LogP contribution in [0.15, 0.2) is 24.3 Å². The zero-order valence-corrected chi connectivity index (χ0v) is 12.5. The lowest BCUT2D eigenvalue weighted by Gasteiger charge is -2.17. The molecule has 3 N–H and O–H groups in total. The minimum Gasteiger partial charge on any atom is -0.355 e. The maximum absolute atomic E-state index is 11.7. The van der Waals surface area contributed by atoms with E-state index in [1.54, 1.807) is 19.2 Å². The first kappa shape index (κ1) is 16.0. The Kier molecular flexibility index (Phi) is 6.03. The zero-order valence-electron chi connectivity index (χ0n) is 12.5. The van der Waals surface area contributed by atoms with Gasteiger partial charge in [0.25, 0.3) is 5.91 Å². The predicted octanol–water partition coefficient (Wildman–Crippen LogP) is 1.89. The first-order valence-electron chi connectivity index (χ1n) is 6.79. The van der Waals surface area contributed by atoms with Gasteiger partial charge in [0.15, 0.2) is 0 Å². The van der Waals surface area contributed by atoms with Crippen molar-refractivity contribution in [3.05, 3.63) is 35.4 Å². The fraction of sp³-hybridized carbons (Fsp3) is 0.467. The fourth-order valence-electron chi connectivity index (χ4n) is 1.53. The van der Waals surface area contributed by atoms with Gasteiger partial charge in [-0.25, -0.2) is 4.79 Å². The molecule has 20 heavy (non-hydrogen) atoms. The van der Waals surface area contributed by atoms with Crippen LogP contribution in [-0.2, 0) is 6.54 Å². The van der Waals surface area contributed by atoms with Crippen molar-refractivity contribution in [1.82, 2.24) is 16.0 Å². The van der Waals surface area contributed by atoms with Crippen LogP contribution in [0.4, 0.5) is 4.79 Å². The van der Waals surface area contributed by atoms with Gasteiger partial charge in [-0.3, -0.25) is 4.79 Å². The van der Waals surface area contributed by atoms with E-state index in [2.05, 4.69) is 29.8 Å². The van der Waals surface area contributed by atoms with Crippen molar-refractivity contribution >= 4 is 11.9 Å². The Morgan fingerprint density at radius 2 is 1.70 bits per heavy atom. The van der Waals surface area contributed by atoms with Gasteiger partial charge in [0.2, 0.25) is 0 Å².